The number of hydrogen-bond donors (Lipinski definition) is 1. The molecule has 1 aromatic carbocycles. The summed E-state index contributed by atoms with van der Waals surface area (Å²) in [6, 6.07) is 1.76. The number of benzene rings is 1. The predicted octanol–water partition coefficient (Wildman–Crippen LogP) is 2.76. The molecule has 2 N–H and O–H groups in total. The predicted molar refractivity (Wildman–Crippen MR) is 65.5 cm³/mol. The number of esters is 1. The molecule has 0 aliphatic carbocycles. The molecule has 0 fully saturated rings. The van der Waals surface area contributed by atoms with Gasteiger partial charge in [0.05, 0.1) is 0 Å². The van der Waals surface area contributed by atoms with Gasteiger partial charge in [-0.05, 0) is 17.7 Å². The van der Waals surface area contributed by atoms with Gasteiger partial charge in [0.1, 0.15) is 6.61 Å². The van der Waals surface area contributed by atoms with E-state index in [0.29, 0.717) is 0 Å². The molecule has 0 saturated carbocycles. The molecular formula is C12H17F2NO4. The lowest BCUT2D eigenvalue weighted by molar-refractivity contribution is -0.132. The van der Waals surface area contributed by atoms with Gasteiger partial charge >= 0.3 is 12.1 Å². The maximum atomic E-state index is 13.3. The molecule has 0 unspecified atom stereocenters. The van der Waals surface area contributed by atoms with Crippen molar-refractivity contribution in [3.63, 3.8) is 0 Å². The first-order chi connectivity index (χ1) is 8.90. The van der Waals surface area contributed by atoms with Crippen LogP contribution < -0.4 is 10.5 Å². The van der Waals surface area contributed by atoms with Crippen LogP contribution >= 0.6 is 0 Å². The lowest BCUT2D eigenvalue weighted by Gasteiger charge is -2.07. The summed E-state index contributed by atoms with van der Waals surface area (Å²) in [6.45, 7) is 4.65. The van der Waals surface area contributed by atoms with E-state index in [-0.39, 0.29) is 13.6 Å². The summed E-state index contributed by atoms with van der Waals surface area (Å²) in [6.07, 6.45) is -1.06. The highest BCUT2D eigenvalue weighted by atomic mass is 19.1. The number of ether oxygens (including phenoxy) is 2. The van der Waals surface area contributed by atoms with Crippen LogP contribution in [0.15, 0.2) is 12.1 Å². The van der Waals surface area contributed by atoms with Crippen LogP contribution in [0.1, 0.15) is 27.8 Å². The van der Waals surface area contributed by atoms with Crippen LogP contribution in [0.4, 0.5) is 13.6 Å². The maximum absolute atomic E-state index is 13.3. The number of hydrogen-bond acceptors (Lipinski definition) is 4. The fourth-order valence-electron chi connectivity index (χ4n) is 1.09. The van der Waals surface area contributed by atoms with Crippen LogP contribution in [0.3, 0.4) is 0 Å². The molecule has 0 bridgehead atoms. The SMILES string of the molecule is CC.CC(=O)Oc1c(F)cc(COC(N)=O)cc1F.[HH]. The van der Waals surface area contributed by atoms with Gasteiger partial charge in [-0.3, -0.25) is 4.79 Å². The highest BCUT2D eigenvalue weighted by molar-refractivity contribution is 5.69. The average Bonchev–Trinajstić information content (AvgIpc) is 2.33. The molecule has 1 rings (SSSR count). The van der Waals surface area contributed by atoms with E-state index in [0.717, 1.165) is 19.1 Å². The summed E-state index contributed by atoms with van der Waals surface area (Å²) in [4.78, 5) is 20.9. The molecule has 0 saturated heterocycles. The maximum Gasteiger partial charge on any atom is 0.404 e. The Balaban J connectivity index is 0. The minimum atomic E-state index is -1.07. The monoisotopic (exact) mass is 277 g/mol. The summed E-state index contributed by atoms with van der Waals surface area (Å²) < 4.78 is 35.3. The van der Waals surface area contributed by atoms with E-state index in [4.69, 9.17) is 5.73 Å². The lowest BCUT2D eigenvalue weighted by atomic mass is 10.2. The van der Waals surface area contributed by atoms with Crippen LogP contribution in [0, 0.1) is 11.6 Å². The fourth-order valence-corrected chi connectivity index (χ4v) is 1.09. The van der Waals surface area contributed by atoms with Gasteiger partial charge in [-0.2, -0.15) is 0 Å². The standard InChI is InChI=1S/C10H9F2NO4.C2H6.H2/c1-5(14)17-9-7(11)2-6(3-8(9)12)4-16-10(13)15;1-2;/h2-3H,4H2,1H3,(H2,13,15);1-2H3;1H. The summed E-state index contributed by atoms with van der Waals surface area (Å²) in [7, 11) is 0. The minimum absolute atomic E-state index is 0. The van der Waals surface area contributed by atoms with E-state index >= 15 is 0 Å². The molecule has 0 aliphatic heterocycles. The summed E-state index contributed by atoms with van der Waals surface area (Å²) in [5, 5.41) is 0. The lowest BCUT2D eigenvalue weighted by Crippen LogP contribution is -2.13. The number of nitrogens with two attached hydrogens (primary N) is 1. The summed E-state index contributed by atoms with van der Waals surface area (Å²) >= 11 is 0. The quantitative estimate of drug-likeness (QED) is 0.680. The van der Waals surface area contributed by atoms with Gasteiger partial charge in [0.2, 0.25) is 5.75 Å². The second kappa shape index (κ2) is 8.02. The van der Waals surface area contributed by atoms with Gasteiger partial charge in [0, 0.05) is 8.35 Å². The van der Waals surface area contributed by atoms with Crippen molar-refractivity contribution in [2.24, 2.45) is 5.73 Å². The van der Waals surface area contributed by atoms with E-state index < -0.39 is 29.4 Å². The molecule has 0 radical (unpaired) electrons. The molecule has 0 aromatic heterocycles. The first-order valence-corrected chi connectivity index (χ1v) is 5.48. The van der Waals surface area contributed by atoms with Crippen LogP contribution in [-0.2, 0) is 16.1 Å². The Morgan fingerprint density at radius 1 is 1.26 bits per heavy atom. The van der Waals surface area contributed by atoms with E-state index in [9.17, 15) is 18.4 Å². The first-order valence-electron chi connectivity index (χ1n) is 5.48. The topological polar surface area (TPSA) is 78.6 Å². The molecular weight excluding hydrogens is 260 g/mol. The van der Waals surface area contributed by atoms with Crippen molar-refractivity contribution in [2.45, 2.75) is 27.4 Å². The van der Waals surface area contributed by atoms with Gasteiger partial charge in [-0.15, -0.1) is 0 Å². The molecule has 1 amide bonds. The Kier molecular flexibility index (Phi) is 7.10. The van der Waals surface area contributed by atoms with Gasteiger partial charge in [-0.1, -0.05) is 13.8 Å². The number of amides is 1. The van der Waals surface area contributed by atoms with Crippen LogP contribution in [0.5, 0.6) is 5.75 Å². The molecule has 5 nitrogen and oxygen atoms in total. The van der Waals surface area contributed by atoms with Crippen LogP contribution in [0.2, 0.25) is 0 Å². The third-order valence-electron chi connectivity index (χ3n) is 1.68. The molecule has 0 atom stereocenters. The third kappa shape index (κ3) is 5.80. The number of primary amides is 1. The second-order valence-corrected chi connectivity index (χ2v) is 3.09. The smallest absolute Gasteiger partial charge is 0.404 e. The van der Waals surface area contributed by atoms with Crippen molar-refractivity contribution in [1.29, 1.82) is 0 Å². The number of carbonyl (C=O) groups excluding carboxylic acids is 2. The highest BCUT2D eigenvalue weighted by Gasteiger charge is 2.15. The highest BCUT2D eigenvalue weighted by Crippen LogP contribution is 2.23. The van der Waals surface area contributed by atoms with Crippen LogP contribution in [-0.4, -0.2) is 12.1 Å². The van der Waals surface area contributed by atoms with Crippen molar-refractivity contribution < 1.29 is 29.3 Å². The molecule has 0 heterocycles. The first kappa shape index (κ1) is 16.8. The minimum Gasteiger partial charge on any atom is -0.445 e. The van der Waals surface area contributed by atoms with Crippen molar-refractivity contribution in [3.05, 3.63) is 29.3 Å². The van der Waals surface area contributed by atoms with E-state index in [1.165, 1.54) is 0 Å². The van der Waals surface area contributed by atoms with Crippen LogP contribution in [0.25, 0.3) is 0 Å². The zero-order chi connectivity index (χ0) is 15.0. The van der Waals surface area contributed by atoms with E-state index in [1.54, 1.807) is 0 Å². The zero-order valence-electron chi connectivity index (χ0n) is 10.8. The number of rotatable bonds is 3. The largest absolute Gasteiger partial charge is 0.445 e. The normalized spacial score (nSPS) is 9.11. The molecule has 0 spiro atoms. The molecule has 7 heteroatoms. The van der Waals surface area contributed by atoms with Crippen molar-refractivity contribution in [1.82, 2.24) is 0 Å². The van der Waals surface area contributed by atoms with Gasteiger partial charge in [0.15, 0.2) is 11.6 Å². The molecule has 1 aromatic rings. The van der Waals surface area contributed by atoms with Gasteiger partial charge in [0.25, 0.3) is 0 Å². The van der Waals surface area contributed by atoms with E-state index in [1.807, 2.05) is 13.8 Å². The Labute approximate surface area is 110 Å². The molecule has 19 heavy (non-hydrogen) atoms. The number of halogens is 2. The van der Waals surface area contributed by atoms with Crippen molar-refractivity contribution in [2.75, 3.05) is 0 Å². The van der Waals surface area contributed by atoms with E-state index in [2.05, 4.69) is 9.47 Å². The van der Waals surface area contributed by atoms with Gasteiger partial charge in [-0.25, -0.2) is 13.6 Å². The average molecular weight is 277 g/mol. The van der Waals surface area contributed by atoms with Crippen molar-refractivity contribution >= 4 is 12.1 Å². The molecule has 0 aliphatic rings. The molecule has 108 valence electrons. The van der Waals surface area contributed by atoms with Gasteiger partial charge < -0.3 is 15.2 Å². The Bertz CT molecular complexity index is 446. The Morgan fingerprint density at radius 2 is 1.74 bits per heavy atom. The van der Waals surface area contributed by atoms with Crippen molar-refractivity contribution in [3.8, 4) is 5.75 Å². The summed E-state index contributed by atoms with van der Waals surface area (Å²) in [5.74, 6) is -3.77. The Morgan fingerprint density at radius 3 is 2.11 bits per heavy atom. The summed E-state index contributed by atoms with van der Waals surface area (Å²) in [5.41, 5.74) is 4.74. The Hall–Kier alpha value is -2.18. The zero-order valence-corrected chi connectivity index (χ0v) is 10.8. The second-order valence-electron chi connectivity index (χ2n) is 3.09. The number of carbonyl (C=O) groups is 2. The third-order valence-corrected chi connectivity index (χ3v) is 1.68. The fraction of sp³-hybridized carbons (Fsp3) is 0.333.